The zero-order valence-corrected chi connectivity index (χ0v) is 15.1. The van der Waals surface area contributed by atoms with E-state index in [4.69, 9.17) is 4.74 Å². The molecule has 0 spiro atoms. The van der Waals surface area contributed by atoms with Gasteiger partial charge in [-0.05, 0) is 44.7 Å². The maximum absolute atomic E-state index is 13.0. The molecule has 1 N–H and O–H groups in total. The number of rotatable bonds is 3. The molecule has 0 aliphatic carbocycles. The van der Waals surface area contributed by atoms with Gasteiger partial charge in [0.1, 0.15) is 0 Å². The number of urea groups is 1. The lowest BCUT2D eigenvalue weighted by molar-refractivity contribution is 0.0776. The summed E-state index contributed by atoms with van der Waals surface area (Å²) in [7, 11) is 2.21. The molecule has 2 amide bonds. The van der Waals surface area contributed by atoms with Gasteiger partial charge in [-0.1, -0.05) is 30.3 Å². The van der Waals surface area contributed by atoms with Crippen LogP contribution in [-0.4, -0.2) is 60.8 Å². The number of nitrogens with zero attached hydrogens (tertiary/aromatic N) is 2. The maximum Gasteiger partial charge on any atom is 0.318 e. The third-order valence-corrected chi connectivity index (χ3v) is 6.21. The summed E-state index contributed by atoms with van der Waals surface area (Å²) < 4.78 is 5.91. The topological polar surface area (TPSA) is 44.8 Å². The fourth-order valence-corrected chi connectivity index (χ4v) is 4.63. The van der Waals surface area contributed by atoms with Crippen LogP contribution >= 0.6 is 0 Å². The normalized spacial score (nSPS) is 30.9. The Morgan fingerprint density at radius 1 is 1.16 bits per heavy atom. The molecular formula is C20H29N3O2. The van der Waals surface area contributed by atoms with E-state index in [-0.39, 0.29) is 18.2 Å². The first-order valence-corrected chi connectivity index (χ1v) is 9.66. The molecule has 3 saturated heterocycles. The van der Waals surface area contributed by atoms with E-state index in [0.29, 0.717) is 12.1 Å². The van der Waals surface area contributed by atoms with Gasteiger partial charge in [-0.2, -0.15) is 0 Å². The van der Waals surface area contributed by atoms with Crippen molar-refractivity contribution >= 4 is 6.03 Å². The van der Waals surface area contributed by atoms with Crippen LogP contribution in [0.5, 0.6) is 0 Å². The van der Waals surface area contributed by atoms with Crippen LogP contribution in [0.1, 0.15) is 43.7 Å². The second kappa shape index (κ2) is 7.34. The fraction of sp³-hybridized carbons (Fsp3) is 0.650. The number of carbonyl (C=O) groups excluding carboxylic acids is 1. The number of likely N-dealkylation sites (tertiary alicyclic amines) is 1. The molecule has 1 aromatic rings. The van der Waals surface area contributed by atoms with Gasteiger partial charge >= 0.3 is 6.03 Å². The highest BCUT2D eigenvalue weighted by Gasteiger charge is 2.37. The van der Waals surface area contributed by atoms with E-state index >= 15 is 0 Å². The molecule has 25 heavy (non-hydrogen) atoms. The van der Waals surface area contributed by atoms with E-state index in [1.165, 1.54) is 12.8 Å². The minimum atomic E-state index is -0.0608. The quantitative estimate of drug-likeness (QED) is 0.918. The number of likely N-dealkylation sites (N-methyl/N-ethyl adjacent to an activating group) is 1. The van der Waals surface area contributed by atoms with Gasteiger partial charge in [0, 0.05) is 31.8 Å². The van der Waals surface area contributed by atoms with Gasteiger partial charge in [-0.25, -0.2) is 4.79 Å². The summed E-state index contributed by atoms with van der Waals surface area (Å²) in [4.78, 5) is 17.5. The van der Waals surface area contributed by atoms with E-state index in [0.717, 1.165) is 44.5 Å². The van der Waals surface area contributed by atoms with Crippen molar-refractivity contribution in [2.24, 2.45) is 0 Å². The molecule has 3 aliphatic rings. The van der Waals surface area contributed by atoms with E-state index in [1.807, 2.05) is 23.1 Å². The van der Waals surface area contributed by atoms with Crippen molar-refractivity contribution in [2.45, 2.75) is 56.3 Å². The first-order valence-electron chi connectivity index (χ1n) is 9.66. The third kappa shape index (κ3) is 3.53. The van der Waals surface area contributed by atoms with Crippen LogP contribution in [0.3, 0.4) is 0 Å². The first-order chi connectivity index (χ1) is 12.2. The molecule has 3 fully saturated rings. The minimum Gasteiger partial charge on any atom is -0.376 e. The number of fused-ring (bicyclic) bond motifs is 2. The molecular weight excluding hydrogens is 314 g/mol. The Bertz CT molecular complexity index is 588. The van der Waals surface area contributed by atoms with Gasteiger partial charge in [0.05, 0.1) is 12.1 Å². The number of benzene rings is 1. The van der Waals surface area contributed by atoms with Crippen molar-refractivity contribution in [3.05, 3.63) is 35.9 Å². The van der Waals surface area contributed by atoms with Gasteiger partial charge in [0.2, 0.25) is 0 Å². The summed E-state index contributed by atoms with van der Waals surface area (Å²) in [5.74, 6) is 0. The lowest BCUT2D eigenvalue weighted by atomic mass is 9.99. The second-order valence-corrected chi connectivity index (χ2v) is 7.67. The number of hydrogen-bond donors (Lipinski definition) is 1. The highest BCUT2D eigenvalue weighted by Crippen LogP contribution is 2.30. The highest BCUT2D eigenvalue weighted by molar-refractivity contribution is 5.75. The average Bonchev–Trinajstić information content (AvgIpc) is 3.22. The number of hydrogen-bond acceptors (Lipinski definition) is 3. The molecule has 5 heteroatoms. The van der Waals surface area contributed by atoms with Crippen molar-refractivity contribution in [1.29, 1.82) is 0 Å². The summed E-state index contributed by atoms with van der Waals surface area (Å²) in [6.45, 7) is 2.48. The second-order valence-electron chi connectivity index (χ2n) is 7.67. The van der Waals surface area contributed by atoms with Crippen LogP contribution in [0.2, 0.25) is 0 Å². The Hall–Kier alpha value is -1.59. The predicted octanol–water partition coefficient (Wildman–Crippen LogP) is 2.78. The van der Waals surface area contributed by atoms with Crippen molar-refractivity contribution in [3.8, 4) is 0 Å². The molecule has 4 rings (SSSR count). The Kier molecular flexibility index (Phi) is 4.95. The van der Waals surface area contributed by atoms with E-state index < -0.39 is 0 Å². The third-order valence-electron chi connectivity index (χ3n) is 6.21. The minimum absolute atomic E-state index is 0.0605. The lowest BCUT2D eigenvalue weighted by Gasteiger charge is -2.30. The van der Waals surface area contributed by atoms with Crippen molar-refractivity contribution in [2.75, 3.05) is 26.7 Å². The molecule has 0 saturated carbocycles. The van der Waals surface area contributed by atoms with Crippen molar-refractivity contribution in [3.63, 3.8) is 0 Å². The predicted molar refractivity (Wildman–Crippen MR) is 97.5 cm³/mol. The number of nitrogens with one attached hydrogen (secondary N) is 1. The van der Waals surface area contributed by atoms with Crippen molar-refractivity contribution in [1.82, 2.24) is 15.1 Å². The Balaban J connectivity index is 1.47. The number of amides is 2. The van der Waals surface area contributed by atoms with Crippen LogP contribution in [0.4, 0.5) is 4.79 Å². The first kappa shape index (κ1) is 16.9. The van der Waals surface area contributed by atoms with Gasteiger partial charge in [-0.15, -0.1) is 0 Å². The van der Waals surface area contributed by atoms with Crippen LogP contribution in [-0.2, 0) is 4.74 Å². The molecule has 136 valence electrons. The van der Waals surface area contributed by atoms with Crippen LogP contribution < -0.4 is 5.32 Å². The summed E-state index contributed by atoms with van der Waals surface area (Å²) in [5, 5.41) is 3.29. The SMILES string of the molecule is CN1[C@H]2CC[C@H]1CN(C(=O)N[C@H](c1ccccc1)[C@@H]1CCCO1)CC2. The lowest BCUT2D eigenvalue weighted by Crippen LogP contribution is -2.47. The molecule has 1 aromatic carbocycles. The fourth-order valence-electron chi connectivity index (χ4n) is 4.63. The monoisotopic (exact) mass is 343 g/mol. The molecule has 0 unspecified atom stereocenters. The molecule has 5 nitrogen and oxygen atoms in total. The molecule has 3 aliphatic heterocycles. The van der Waals surface area contributed by atoms with Gasteiger partial charge in [-0.3, -0.25) is 4.90 Å². The van der Waals surface area contributed by atoms with Crippen LogP contribution in [0.25, 0.3) is 0 Å². The Morgan fingerprint density at radius 3 is 2.72 bits per heavy atom. The smallest absolute Gasteiger partial charge is 0.318 e. The van der Waals surface area contributed by atoms with E-state index in [9.17, 15) is 4.79 Å². The van der Waals surface area contributed by atoms with E-state index in [1.54, 1.807) is 0 Å². The largest absolute Gasteiger partial charge is 0.376 e. The molecule has 0 radical (unpaired) electrons. The molecule has 0 aromatic heterocycles. The van der Waals surface area contributed by atoms with Gasteiger partial charge in [0.15, 0.2) is 0 Å². The Morgan fingerprint density at radius 2 is 1.96 bits per heavy atom. The van der Waals surface area contributed by atoms with Crippen LogP contribution in [0, 0.1) is 0 Å². The van der Waals surface area contributed by atoms with Gasteiger partial charge < -0.3 is 15.0 Å². The van der Waals surface area contributed by atoms with E-state index in [2.05, 4.69) is 29.4 Å². The zero-order valence-electron chi connectivity index (χ0n) is 15.1. The van der Waals surface area contributed by atoms with Crippen LogP contribution in [0.15, 0.2) is 30.3 Å². The number of ether oxygens (including phenoxy) is 1. The summed E-state index contributed by atoms with van der Waals surface area (Å²) in [5.41, 5.74) is 1.14. The summed E-state index contributed by atoms with van der Waals surface area (Å²) in [6.07, 6.45) is 5.72. The standard InChI is InChI=1S/C20H29N3O2/c1-22-16-9-10-17(22)14-23(12-11-16)20(24)21-19(18-8-5-13-25-18)15-6-3-2-4-7-15/h2-4,6-7,16-19H,5,8-14H2,1H3,(H,21,24)/t16-,17-,18-,19+/m0/s1. The molecule has 4 atom stereocenters. The zero-order chi connectivity index (χ0) is 17.2. The van der Waals surface area contributed by atoms with Gasteiger partial charge in [0.25, 0.3) is 0 Å². The molecule has 3 heterocycles. The Labute approximate surface area is 150 Å². The summed E-state index contributed by atoms with van der Waals surface area (Å²) in [6, 6.07) is 11.4. The highest BCUT2D eigenvalue weighted by atomic mass is 16.5. The molecule has 2 bridgehead atoms. The van der Waals surface area contributed by atoms with Crippen molar-refractivity contribution < 1.29 is 9.53 Å². The maximum atomic E-state index is 13.0. The average molecular weight is 343 g/mol. The summed E-state index contributed by atoms with van der Waals surface area (Å²) >= 11 is 0. The number of carbonyl (C=O) groups is 1.